The number of nitrogens with zero attached hydrogens (tertiary/aromatic N) is 2. The van der Waals surface area contributed by atoms with E-state index in [0.29, 0.717) is 30.6 Å². The zero-order valence-corrected chi connectivity index (χ0v) is 13.9. The molecule has 128 valence electrons. The van der Waals surface area contributed by atoms with Crippen molar-refractivity contribution in [3.8, 4) is 6.07 Å². The van der Waals surface area contributed by atoms with Crippen LogP contribution < -0.4 is 5.32 Å². The lowest BCUT2D eigenvalue weighted by Gasteiger charge is -2.25. The van der Waals surface area contributed by atoms with Gasteiger partial charge in [-0.3, -0.25) is 4.79 Å². The molecular weight excluding hydrogens is 317 g/mol. The first-order valence-electron chi connectivity index (χ1n) is 8.42. The van der Waals surface area contributed by atoms with Gasteiger partial charge in [0.2, 0.25) is 5.91 Å². The van der Waals surface area contributed by atoms with Crippen molar-refractivity contribution in [2.45, 2.75) is 25.4 Å². The monoisotopic (exact) mass is 337 g/mol. The number of nitrogens with one attached hydrogen (secondary N) is 1. The molecule has 25 heavy (non-hydrogen) atoms. The van der Waals surface area contributed by atoms with E-state index in [-0.39, 0.29) is 17.8 Å². The molecule has 5 heteroatoms. The number of hydrogen-bond acceptors (Lipinski definition) is 3. The summed E-state index contributed by atoms with van der Waals surface area (Å²) in [6.07, 6.45) is 1.49. The Morgan fingerprint density at radius 1 is 1.24 bits per heavy atom. The van der Waals surface area contributed by atoms with Crippen LogP contribution in [0.5, 0.6) is 0 Å². The number of carbonyl (C=O) groups excluding carboxylic acids is 1. The van der Waals surface area contributed by atoms with Crippen molar-refractivity contribution in [1.29, 1.82) is 5.26 Å². The van der Waals surface area contributed by atoms with Gasteiger partial charge in [0, 0.05) is 31.6 Å². The van der Waals surface area contributed by atoms with Crippen LogP contribution in [0.1, 0.15) is 35.6 Å². The van der Waals surface area contributed by atoms with Gasteiger partial charge in [-0.1, -0.05) is 30.3 Å². The Balaban J connectivity index is 1.76. The Labute approximate surface area is 146 Å². The van der Waals surface area contributed by atoms with Gasteiger partial charge in [-0.15, -0.1) is 0 Å². The van der Waals surface area contributed by atoms with Crippen molar-refractivity contribution in [3.63, 3.8) is 0 Å². The second-order valence-electron chi connectivity index (χ2n) is 6.21. The molecule has 3 rings (SSSR count). The van der Waals surface area contributed by atoms with Crippen LogP contribution >= 0.6 is 0 Å². The number of likely N-dealkylation sites (tertiary alicyclic amines) is 1. The highest BCUT2D eigenvalue weighted by molar-refractivity contribution is 5.78. The van der Waals surface area contributed by atoms with Crippen LogP contribution in [0.15, 0.2) is 48.5 Å². The average Bonchev–Trinajstić information content (AvgIpc) is 3.05. The lowest BCUT2D eigenvalue weighted by atomic mass is 10.1. The van der Waals surface area contributed by atoms with E-state index in [4.69, 9.17) is 5.26 Å². The first-order valence-corrected chi connectivity index (χ1v) is 8.42. The largest absolute Gasteiger partial charge is 0.341 e. The van der Waals surface area contributed by atoms with E-state index < -0.39 is 0 Å². The highest BCUT2D eigenvalue weighted by Crippen LogP contribution is 2.20. The summed E-state index contributed by atoms with van der Waals surface area (Å²) in [4.78, 5) is 13.8. The van der Waals surface area contributed by atoms with Gasteiger partial charge in [-0.25, -0.2) is 4.39 Å². The number of halogens is 1. The second kappa shape index (κ2) is 7.91. The van der Waals surface area contributed by atoms with Gasteiger partial charge in [0.25, 0.3) is 0 Å². The molecule has 1 amide bonds. The van der Waals surface area contributed by atoms with E-state index in [2.05, 4.69) is 5.32 Å². The summed E-state index contributed by atoms with van der Waals surface area (Å²) in [6.45, 7) is 1.62. The van der Waals surface area contributed by atoms with E-state index in [1.807, 2.05) is 41.3 Å². The molecule has 1 aliphatic heterocycles. The quantitative estimate of drug-likeness (QED) is 0.881. The molecule has 0 aromatic heterocycles. The van der Waals surface area contributed by atoms with Crippen molar-refractivity contribution in [1.82, 2.24) is 10.2 Å². The van der Waals surface area contributed by atoms with Crippen LogP contribution in [0, 0.1) is 17.1 Å². The van der Waals surface area contributed by atoms with E-state index in [0.717, 1.165) is 18.5 Å². The van der Waals surface area contributed by atoms with Gasteiger partial charge in [-0.05, 0) is 30.2 Å². The molecule has 1 aliphatic rings. The Hall–Kier alpha value is -2.71. The zero-order chi connectivity index (χ0) is 17.6. The summed E-state index contributed by atoms with van der Waals surface area (Å²) in [7, 11) is 0. The summed E-state index contributed by atoms with van der Waals surface area (Å²) in [5.74, 6) is -0.170. The number of carbonyl (C=O) groups is 1. The zero-order valence-electron chi connectivity index (χ0n) is 13.9. The van der Waals surface area contributed by atoms with Crippen LogP contribution in [-0.4, -0.2) is 23.9 Å². The van der Waals surface area contributed by atoms with Gasteiger partial charge >= 0.3 is 0 Å². The Morgan fingerprint density at radius 3 is 2.72 bits per heavy atom. The maximum Gasteiger partial charge on any atom is 0.222 e. The highest BCUT2D eigenvalue weighted by atomic mass is 19.1. The third kappa shape index (κ3) is 4.23. The molecule has 1 atom stereocenters. The molecule has 2 aromatic rings. The summed E-state index contributed by atoms with van der Waals surface area (Å²) in [5, 5.41) is 12.3. The molecule has 1 saturated heterocycles. The summed E-state index contributed by atoms with van der Waals surface area (Å²) >= 11 is 0. The fourth-order valence-corrected chi connectivity index (χ4v) is 3.10. The van der Waals surface area contributed by atoms with E-state index >= 15 is 0 Å². The number of rotatable bonds is 6. The van der Waals surface area contributed by atoms with Gasteiger partial charge < -0.3 is 10.2 Å². The average molecular weight is 337 g/mol. The molecule has 1 N–H and O–H groups in total. The normalized spacial score (nSPS) is 15.2. The second-order valence-corrected chi connectivity index (χ2v) is 6.21. The van der Waals surface area contributed by atoms with Crippen LogP contribution in [0.25, 0.3) is 0 Å². The summed E-state index contributed by atoms with van der Waals surface area (Å²) < 4.78 is 14.0. The number of hydrogen-bond donors (Lipinski definition) is 1. The topological polar surface area (TPSA) is 56.1 Å². The Bertz CT molecular complexity index is 785. The maximum absolute atomic E-state index is 14.0. The van der Waals surface area contributed by atoms with Crippen molar-refractivity contribution < 1.29 is 9.18 Å². The van der Waals surface area contributed by atoms with Crippen LogP contribution in [0.3, 0.4) is 0 Å². The predicted octanol–water partition coefficient (Wildman–Crippen LogP) is 3.15. The first-order chi connectivity index (χ1) is 12.2. The van der Waals surface area contributed by atoms with E-state index in [1.54, 1.807) is 6.07 Å². The van der Waals surface area contributed by atoms with Gasteiger partial charge in [0.15, 0.2) is 0 Å². The molecule has 1 fully saturated rings. The molecule has 0 radical (unpaired) electrons. The minimum atomic E-state index is -0.337. The minimum absolute atomic E-state index is 0.0895. The van der Waals surface area contributed by atoms with Crippen molar-refractivity contribution in [2.24, 2.45) is 0 Å². The third-order valence-electron chi connectivity index (χ3n) is 4.49. The molecule has 0 unspecified atom stereocenters. The van der Waals surface area contributed by atoms with Crippen LogP contribution in [0.4, 0.5) is 4.39 Å². The van der Waals surface area contributed by atoms with Crippen molar-refractivity contribution >= 4 is 5.91 Å². The molecule has 4 nitrogen and oxygen atoms in total. The molecule has 0 spiro atoms. The maximum atomic E-state index is 14.0. The SMILES string of the molecule is N#Cc1ccc(F)c(CN[C@H](CN2CCCC2=O)c2ccccc2)c1. The van der Waals surface area contributed by atoms with Crippen LogP contribution in [-0.2, 0) is 11.3 Å². The Morgan fingerprint density at radius 2 is 2.04 bits per heavy atom. The van der Waals surface area contributed by atoms with Crippen molar-refractivity contribution in [2.75, 3.05) is 13.1 Å². The number of amides is 1. The van der Waals surface area contributed by atoms with Crippen LogP contribution in [0.2, 0.25) is 0 Å². The van der Waals surface area contributed by atoms with E-state index in [1.165, 1.54) is 12.1 Å². The summed E-state index contributed by atoms with van der Waals surface area (Å²) in [5.41, 5.74) is 1.94. The predicted molar refractivity (Wildman–Crippen MR) is 93.0 cm³/mol. The van der Waals surface area contributed by atoms with E-state index in [9.17, 15) is 9.18 Å². The van der Waals surface area contributed by atoms with Gasteiger partial charge in [0.05, 0.1) is 17.7 Å². The molecule has 0 aliphatic carbocycles. The van der Waals surface area contributed by atoms with Gasteiger partial charge in [0.1, 0.15) is 5.82 Å². The molecule has 0 bridgehead atoms. The van der Waals surface area contributed by atoms with Crippen molar-refractivity contribution in [3.05, 3.63) is 71.0 Å². The Kier molecular flexibility index (Phi) is 5.42. The fraction of sp³-hybridized carbons (Fsp3) is 0.300. The van der Waals surface area contributed by atoms with Gasteiger partial charge in [-0.2, -0.15) is 5.26 Å². The number of benzene rings is 2. The highest BCUT2D eigenvalue weighted by Gasteiger charge is 2.24. The molecule has 0 saturated carbocycles. The lowest BCUT2D eigenvalue weighted by molar-refractivity contribution is -0.128. The molecule has 1 heterocycles. The standard InChI is InChI=1S/C20H20FN3O/c21-18-9-8-15(12-22)11-17(18)13-23-19(16-5-2-1-3-6-16)14-24-10-4-7-20(24)25/h1-3,5-6,8-9,11,19,23H,4,7,10,13-14H2/t19-/m1/s1. The summed E-state index contributed by atoms with van der Waals surface area (Å²) in [6, 6.07) is 16.1. The first kappa shape index (κ1) is 17.1. The fourth-order valence-electron chi connectivity index (χ4n) is 3.10. The third-order valence-corrected chi connectivity index (χ3v) is 4.49. The molecule has 2 aromatic carbocycles. The molecular formula is C20H20FN3O. The smallest absolute Gasteiger partial charge is 0.222 e. The number of nitriles is 1. The minimum Gasteiger partial charge on any atom is -0.341 e. The lowest BCUT2D eigenvalue weighted by Crippen LogP contribution is -2.35.